The van der Waals surface area contributed by atoms with E-state index in [-0.39, 0.29) is 17.9 Å². The molecule has 3 N–H and O–H groups in total. The van der Waals surface area contributed by atoms with Crippen molar-refractivity contribution in [3.63, 3.8) is 0 Å². The maximum atomic E-state index is 11.9. The number of hydrogen-bond donors (Lipinski definition) is 3. The largest absolute Gasteiger partial charge is 0.361 e. The standard InChI is InChI=1S/C19H25N3O2/c1-13(23)22-15(9-10-19(2,3)18(24)20-4)11-14-12-21-17-8-6-5-7-16(14)17/h5-10,12,15,21H,11H2,1-4H3,(H,20,24)(H,22,23)/t15-/m0/s1. The number of aromatic amines is 1. The third-order valence-electron chi connectivity index (χ3n) is 4.06. The van der Waals surface area contributed by atoms with Gasteiger partial charge in [-0.2, -0.15) is 0 Å². The SMILES string of the molecule is CNC(=O)C(C)(C)C=C[C@@H](Cc1c[nH]c2ccccc12)NC(C)=O. The number of fused-ring (bicyclic) bond motifs is 1. The second-order valence-electron chi connectivity index (χ2n) is 6.53. The zero-order chi connectivity index (χ0) is 17.7. The van der Waals surface area contributed by atoms with Crippen molar-refractivity contribution in [3.8, 4) is 0 Å². The Labute approximate surface area is 142 Å². The minimum atomic E-state index is -0.633. The highest BCUT2D eigenvalue weighted by atomic mass is 16.2. The van der Waals surface area contributed by atoms with Crippen LogP contribution in [-0.2, 0) is 16.0 Å². The van der Waals surface area contributed by atoms with Gasteiger partial charge in [0.2, 0.25) is 11.8 Å². The van der Waals surface area contributed by atoms with Crippen LogP contribution in [0, 0.1) is 5.41 Å². The van der Waals surface area contributed by atoms with Crippen molar-refractivity contribution >= 4 is 22.7 Å². The summed E-state index contributed by atoms with van der Waals surface area (Å²) in [7, 11) is 1.62. The number of carbonyl (C=O) groups excluding carboxylic acids is 2. The Morgan fingerprint density at radius 3 is 2.67 bits per heavy atom. The summed E-state index contributed by atoms with van der Waals surface area (Å²) < 4.78 is 0. The Hall–Kier alpha value is -2.56. The number of aromatic nitrogens is 1. The van der Waals surface area contributed by atoms with E-state index in [1.807, 2.05) is 50.4 Å². The molecule has 2 rings (SSSR count). The second-order valence-corrected chi connectivity index (χ2v) is 6.53. The molecule has 128 valence electrons. The molecule has 0 bridgehead atoms. The summed E-state index contributed by atoms with van der Waals surface area (Å²) in [6, 6.07) is 7.89. The molecule has 1 heterocycles. The number of H-pyrrole nitrogens is 1. The van der Waals surface area contributed by atoms with E-state index in [2.05, 4.69) is 21.7 Å². The lowest BCUT2D eigenvalue weighted by Crippen LogP contribution is -2.36. The normalized spacial score (nSPS) is 13.2. The number of rotatable bonds is 6. The highest BCUT2D eigenvalue weighted by molar-refractivity contribution is 5.84. The molecular weight excluding hydrogens is 302 g/mol. The van der Waals surface area contributed by atoms with E-state index in [0.717, 1.165) is 16.5 Å². The number of hydrogen-bond acceptors (Lipinski definition) is 2. The van der Waals surface area contributed by atoms with Crippen LogP contribution in [0.2, 0.25) is 0 Å². The minimum Gasteiger partial charge on any atom is -0.361 e. The molecule has 5 heteroatoms. The molecule has 1 atom stereocenters. The monoisotopic (exact) mass is 327 g/mol. The molecule has 24 heavy (non-hydrogen) atoms. The summed E-state index contributed by atoms with van der Waals surface area (Å²) in [5.74, 6) is -0.158. The van der Waals surface area contributed by atoms with Crippen LogP contribution in [0.15, 0.2) is 42.6 Å². The van der Waals surface area contributed by atoms with E-state index in [1.165, 1.54) is 6.92 Å². The van der Waals surface area contributed by atoms with Gasteiger partial charge in [0, 0.05) is 31.1 Å². The molecular formula is C19H25N3O2. The lowest BCUT2D eigenvalue weighted by molar-refractivity contribution is -0.126. The van der Waals surface area contributed by atoms with Crippen LogP contribution in [-0.4, -0.2) is 29.9 Å². The van der Waals surface area contributed by atoms with Gasteiger partial charge in [0.1, 0.15) is 0 Å². The van der Waals surface area contributed by atoms with Gasteiger partial charge in [-0.15, -0.1) is 0 Å². The first-order valence-corrected chi connectivity index (χ1v) is 8.07. The average molecular weight is 327 g/mol. The van der Waals surface area contributed by atoms with Crippen LogP contribution < -0.4 is 10.6 Å². The average Bonchev–Trinajstić information content (AvgIpc) is 2.94. The Morgan fingerprint density at radius 1 is 1.29 bits per heavy atom. The molecule has 2 aromatic rings. The van der Waals surface area contributed by atoms with Crippen molar-refractivity contribution in [1.29, 1.82) is 0 Å². The fourth-order valence-corrected chi connectivity index (χ4v) is 2.72. The highest BCUT2D eigenvalue weighted by Crippen LogP contribution is 2.21. The van der Waals surface area contributed by atoms with Crippen LogP contribution in [0.1, 0.15) is 26.3 Å². The van der Waals surface area contributed by atoms with Gasteiger partial charge in [0.05, 0.1) is 11.5 Å². The molecule has 0 aliphatic rings. The van der Waals surface area contributed by atoms with E-state index >= 15 is 0 Å². The lowest BCUT2D eigenvalue weighted by Gasteiger charge is -2.20. The zero-order valence-electron chi connectivity index (χ0n) is 14.6. The van der Waals surface area contributed by atoms with Gasteiger partial charge >= 0.3 is 0 Å². The summed E-state index contributed by atoms with van der Waals surface area (Å²) in [6.07, 6.45) is 6.38. The fourth-order valence-electron chi connectivity index (χ4n) is 2.72. The molecule has 0 radical (unpaired) electrons. The summed E-state index contributed by atoms with van der Waals surface area (Å²) in [4.78, 5) is 26.7. The molecule has 0 aliphatic carbocycles. The maximum absolute atomic E-state index is 11.9. The van der Waals surface area contributed by atoms with Crippen LogP contribution in [0.5, 0.6) is 0 Å². The van der Waals surface area contributed by atoms with Crippen molar-refractivity contribution in [2.45, 2.75) is 33.2 Å². The van der Waals surface area contributed by atoms with Gasteiger partial charge in [0.15, 0.2) is 0 Å². The molecule has 1 aromatic carbocycles. The fraction of sp³-hybridized carbons (Fsp3) is 0.368. The summed E-state index contributed by atoms with van der Waals surface area (Å²) in [6.45, 7) is 5.19. The smallest absolute Gasteiger partial charge is 0.229 e. The van der Waals surface area contributed by atoms with E-state index in [0.29, 0.717) is 6.42 Å². The third kappa shape index (κ3) is 4.25. The summed E-state index contributed by atoms with van der Waals surface area (Å²) in [5.41, 5.74) is 1.57. The number of benzene rings is 1. The number of carbonyl (C=O) groups is 2. The summed E-state index contributed by atoms with van der Waals surface area (Å²) in [5, 5.41) is 6.74. The van der Waals surface area contributed by atoms with Crippen molar-refractivity contribution < 1.29 is 9.59 Å². The van der Waals surface area contributed by atoms with Gasteiger partial charge in [0.25, 0.3) is 0 Å². The van der Waals surface area contributed by atoms with Crippen molar-refractivity contribution in [2.75, 3.05) is 7.05 Å². The first-order chi connectivity index (χ1) is 11.3. The molecule has 1 aromatic heterocycles. The second kappa shape index (κ2) is 7.34. The van der Waals surface area contributed by atoms with Crippen LogP contribution in [0.4, 0.5) is 0 Å². The predicted molar refractivity (Wildman–Crippen MR) is 96.6 cm³/mol. The van der Waals surface area contributed by atoms with Gasteiger partial charge < -0.3 is 15.6 Å². The van der Waals surface area contributed by atoms with Crippen LogP contribution >= 0.6 is 0 Å². The molecule has 0 unspecified atom stereocenters. The number of para-hydroxylation sites is 1. The number of nitrogens with one attached hydrogen (secondary N) is 3. The quantitative estimate of drug-likeness (QED) is 0.713. The van der Waals surface area contributed by atoms with E-state index in [9.17, 15) is 9.59 Å². The number of amides is 2. The van der Waals surface area contributed by atoms with E-state index in [1.54, 1.807) is 7.05 Å². The molecule has 0 spiro atoms. The first kappa shape index (κ1) is 17.8. The molecule has 0 aliphatic heterocycles. The van der Waals surface area contributed by atoms with E-state index < -0.39 is 5.41 Å². The molecule has 5 nitrogen and oxygen atoms in total. The van der Waals surface area contributed by atoms with Gasteiger partial charge in [-0.3, -0.25) is 9.59 Å². The molecule has 2 amide bonds. The lowest BCUT2D eigenvalue weighted by atomic mass is 9.90. The van der Waals surface area contributed by atoms with Crippen LogP contribution in [0.3, 0.4) is 0 Å². The Bertz CT molecular complexity index is 759. The Kier molecular flexibility index (Phi) is 5.44. The maximum Gasteiger partial charge on any atom is 0.229 e. The van der Waals surface area contributed by atoms with Gasteiger partial charge in [-0.05, 0) is 31.9 Å². The van der Waals surface area contributed by atoms with Crippen molar-refractivity contribution in [1.82, 2.24) is 15.6 Å². The van der Waals surface area contributed by atoms with Gasteiger partial charge in [-0.25, -0.2) is 0 Å². The predicted octanol–water partition coefficient (Wildman–Crippen LogP) is 2.54. The minimum absolute atomic E-state index is 0.0626. The highest BCUT2D eigenvalue weighted by Gasteiger charge is 2.23. The molecule has 0 saturated carbocycles. The topological polar surface area (TPSA) is 74.0 Å². The van der Waals surface area contributed by atoms with Crippen molar-refractivity contribution in [3.05, 3.63) is 48.2 Å². The van der Waals surface area contributed by atoms with Crippen LogP contribution in [0.25, 0.3) is 10.9 Å². The Morgan fingerprint density at radius 2 is 2.00 bits per heavy atom. The Balaban J connectivity index is 2.22. The van der Waals surface area contributed by atoms with Gasteiger partial charge in [-0.1, -0.05) is 30.4 Å². The first-order valence-electron chi connectivity index (χ1n) is 8.07. The zero-order valence-corrected chi connectivity index (χ0v) is 14.6. The summed E-state index contributed by atoms with van der Waals surface area (Å²) >= 11 is 0. The van der Waals surface area contributed by atoms with Crippen molar-refractivity contribution in [2.24, 2.45) is 5.41 Å². The van der Waals surface area contributed by atoms with E-state index in [4.69, 9.17) is 0 Å². The molecule has 0 saturated heterocycles. The third-order valence-corrected chi connectivity index (χ3v) is 4.06. The molecule has 0 fully saturated rings.